The Morgan fingerprint density at radius 3 is 2.38 bits per heavy atom. The summed E-state index contributed by atoms with van der Waals surface area (Å²) < 4.78 is 6.36. The normalized spacial score (nSPS) is 10.5. The third-order valence-electron chi connectivity index (χ3n) is 2.85. The molecule has 0 aromatic heterocycles. The minimum atomic E-state index is -0.139. The monoisotopic (exact) mass is 347 g/mol. The van der Waals surface area contributed by atoms with Crippen molar-refractivity contribution in [2.45, 2.75) is 26.9 Å². The van der Waals surface area contributed by atoms with Gasteiger partial charge in [0.05, 0.1) is 11.7 Å². The minimum Gasteiger partial charge on any atom is -0.491 e. The highest BCUT2D eigenvalue weighted by atomic mass is 79.9. The molecule has 1 amide bonds. The van der Waals surface area contributed by atoms with Crippen molar-refractivity contribution in [1.29, 1.82) is 0 Å². The highest BCUT2D eigenvalue weighted by molar-refractivity contribution is 9.10. The number of ether oxygens (including phenoxy) is 1. The lowest BCUT2D eigenvalue weighted by Crippen LogP contribution is -2.12. The number of anilines is 1. The Bertz CT molecular complexity index is 636. The lowest BCUT2D eigenvalue weighted by molar-refractivity contribution is 0.102. The summed E-state index contributed by atoms with van der Waals surface area (Å²) in [6.45, 7) is 5.94. The highest BCUT2D eigenvalue weighted by Gasteiger charge is 2.10. The summed E-state index contributed by atoms with van der Waals surface area (Å²) in [5, 5.41) is 2.87. The standard InChI is InChI=1S/C17H18BrNO2/c1-11(2)21-14-7-5-13(6-8-14)19-17(20)15-9-4-12(3)10-16(15)18/h4-11H,1-3H3,(H,19,20). The molecule has 2 aromatic carbocycles. The van der Waals surface area contributed by atoms with E-state index in [9.17, 15) is 4.79 Å². The Morgan fingerprint density at radius 1 is 1.14 bits per heavy atom. The molecule has 2 aromatic rings. The molecule has 0 aliphatic heterocycles. The quantitative estimate of drug-likeness (QED) is 0.862. The molecular weight excluding hydrogens is 330 g/mol. The number of carbonyl (C=O) groups excluding carboxylic acids is 1. The molecule has 0 radical (unpaired) electrons. The van der Waals surface area contributed by atoms with Crippen molar-refractivity contribution in [2.75, 3.05) is 5.32 Å². The van der Waals surface area contributed by atoms with Crippen LogP contribution in [0.25, 0.3) is 0 Å². The first-order valence-corrected chi connectivity index (χ1v) is 7.59. The summed E-state index contributed by atoms with van der Waals surface area (Å²) in [5.41, 5.74) is 2.46. The van der Waals surface area contributed by atoms with E-state index in [1.54, 1.807) is 0 Å². The molecule has 110 valence electrons. The molecule has 0 aliphatic rings. The van der Waals surface area contributed by atoms with E-state index in [0.717, 1.165) is 21.5 Å². The van der Waals surface area contributed by atoms with Gasteiger partial charge in [-0.15, -0.1) is 0 Å². The van der Waals surface area contributed by atoms with E-state index < -0.39 is 0 Å². The maximum Gasteiger partial charge on any atom is 0.256 e. The van der Waals surface area contributed by atoms with Crippen molar-refractivity contribution in [3.8, 4) is 5.75 Å². The van der Waals surface area contributed by atoms with E-state index in [1.807, 2.05) is 63.2 Å². The smallest absolute Gasteiger partial charge is 0.256 e. The number of amides is 1. The number of benzene rings is 2. The van der Waals surface area contributed by atoms with Crippen LogP contribution in [0, 0.1) is 6.92 Å². The molecule has 2 rings (SSSR count). The highest BCUT2D eigenvalue weighted by Crippen LogP contribution is 2.21. The third kappa shape index (κ3) is 4.33. The molecule has 3 nitrogen and oxygen atoms in total. The summed E-state index contributed by atoms with van der Waals surface area (Å²) in [6, 6.07) is 13.0. The molecule has 0 fully saturated rings. The fourth-order valence-corrected chi connectivity index (χ4v) is 2.57. The predicted molar refractivity (Wildman–Crippen MR) is 89.0 cm³/mol. The van der Waals surface area contributed by atoms with E-state index in [0.29, 0.717) is 5.56 Å². The van der Waals surface area contributed by atoms with Gasteiger partial charge in [0.25, 0.3) is 5.91 Å². The Labute approximate surface area is 133 Å². The number of nitrogens with one attached hydrogen (secondary N) is 1. The molecule has 21 heavy (non-hydrogen) atoms. The van der Waals surface area contributed by atoms with Crippen LogP contribution >= 0.6 is 15.9 Å². The van der Waals surface area contributed by atoms with Gasteiger partial charge < -0.3 is 10.1 Å². The Morgan fingerprint density at radius 2 is 1.81 bits per heavy atom. The second kappa shape index (κ2) is 6.76. The van der Waals surface area contributed by atoms with Crippen molar-refractivity contribution in [3.63, 3.8) is 0 Å². The summed E-state index contributed by atoms with van der Waals surface area (Å²) in [4.78, 5) is 12.2. The molecule has 0 aliphatic carbocycles. The maximum atomic E-state index is 12.2. The molecule has 4 heteroatoms. The zero-order valence-electron chi connectivity index (χ0n) is 12.3. The van der Waals surface area contributed by atoms with Crippen LogP contribution in [0.15, 0.2) is 46.9 Å². The van der Waals surface area contributed by atoms with Gasteiger partial charge in [-0.05, 0) is 78.7 Å². The van der Waals surface area contributed by atoms with Crippen molar-refractivity contribution in [2.24, 2.45) is 0 Å². The zero-order valence-corrected chi connectivity index (χ0v) is 13.9. The van der Waals surface area contributed by atoms with Gasteiger partial charge in [0.15, 0.2) is 0 Å². The largest absolute Gasteiger partial charge is 0.491 e. The van der Waals surface area contributed by atoms with E-state index >= 15 is 0 Å². The molecule has 0 bridgehead atoms. The van der Waals surface area contributed by atoms with Gasteiger partial charge in [-0.1, -0.05) is 6.07 Å². The zero-order chi connectivity index (χ0) is 15.4. The number of rotatable bonds is 4. The molecule has 0 heterocycles. The van der Waals surface area contributed by atoms with Crippen molar-refractivity contribution in [1.82, 2.24) is 0 Å². The molecule has 1 N–H and O–H groups in total. The Balaban J connectivity index is 2.08. The summed E-state index contributed by atoms with van der Waals surface area (Å²) in [6.07, 6.45) is 0.133. The van der Waals surface area contributed by atoms with E-state index in [4.69, 9.17) is 4.74 Å². The fourth-order valence-electron chi connectivity index (χ4n) is 1.89. The first-order valence-electron chi connectivity index (χ1n) is 6.80. The van der Waals surface area contributed by atoms with Crippen molar-refractivity contribution in [3.05, 3.63) is 58.1 Å². The van der Waals surface area contributed by atoms with Gasteiger partial charge in [-0.2, -0.15) is 0 Å². The van der Waals surface area contributed by atoms with Crippen LogP contribution in [0.4, 0.5) is 5.69 Å². The Kier molecular flexibility index (Phi) is 5.02. The van der Waals surface area contributed by atoms with Gasteiger partial charge in [-0.3, -0.25) is 4.79 Å². The maximum absolute atomic E-state index is 12.2. The first kappa shape index (κ1) is 15.6. The Hall–Kier alpha value is -1.81. The number of aryl methyl sites for hydroxylation is 1. The van der Waals surface area contributed by atoms with E-state index in [1.165, 1.54) is 0 Å². The van der Waals surface area contributed by atoms with Gasteiger partial charge >= 0.3 is 0 Å². The molecule has 0 saturated carbocycles. The second-order valence-electron chi connectivity index (χ2n) is 5.13. The van der Waals surface area contributed by atoms with Gasteiger partial charge in [-0.25, -0.2) is 0 Å². The van der Waals surface area contributed by atoms with Crippen LogP contribution in [-0.2, 0) is 0 Å². The fraction of sp³-hybridized carbons (Fsp3) is 0.235. The van der Waals surface area contributed by atoms with Crippen LogP contribution < -0.4 is 10.1 Å². The second-order valence-corrected chi connectivity index (χ2v) is 5.98. The lowest BCUT2D eigenvalue weighted by atomic mass is 10.1. The van der Waals surface area contributed by atoms with Gasteiger partial charge in [0, 0.05) is 10.2 Å². The number of hydrogen-bond donors (Lipinski definition) is 1. The topological polar surface area (TPSA) is 38.3 Å². The number of carbonyl (C=O) groups is 1. The van der Waals surface area contributed by atoms with Gasteiger partial charge in [0.1, 0.15) is 5.75 Å². The molecule has 0 spiro atoms. The summed E-state index contributed by atoms with van der Waals surface area (Å²) >= 11 is 3.42. The van der Waals surface area contributed by atoms with Crippen molar-refractivity contribution >= 4 is 27.5 Å². The first-order chi connectivity index (χ1) is 9.95. The SMILES string of the molecule is Cc1ccc(C(=O)Nc2ccc(OC(C)C)cc2)c(Br)c1. The minimum absolute atomic E-state index is 0.133. The van der Waals surface area contributed by atoms with Crippen LogP contribution in [-0.4, -0.2) is 12.0 Å². The summed E-state index contributed by atoms with van der Waals surface area (Å²) in [7, 11) is 0. The molecular formula is C17H18BrNO2. The third-order valence-corrected chi connectivity index (χ3v) is 3.51. The van der Waals surface area contributed by atoms with Crippen molar-refractivity contribution < 1.29 is 9.53 Å². The van der Waals surface area contributed by atoms with E-state index in [-0.39, 0.29) is 12.0 Å². The predicted octanol–water partition coefficient (Wildman–Crippen LogP) is 4.80. The number of halogens is 1. The molecule has 0 saturated heterocycles. The van der Waals surface area contributed by atoms with E-state index in [2.05, 4.69) is 21.2 Å². The van der Waals surface area contributed by atoms with Gasteiger partial charge in [0.2, 0.25) is 0 Å². The average Bonchev–Trinajstić information content (AvgIpc) is 2.40. The van der Waals surface area contributed by atoms with Crippen LogP contribution in [0.2, 0.25) is 0 Å². The molecule has 0 unspecified atom stereocenters. The lowest BCUT2D eigenvalue weighted by Gasteiger charge is -2.11. The van der Waals surface area contributed by atoms with Crippen LogP contribution in [0.5, 0.6) is 5.75 Å². The average molecular weight is 348 g/mol. The summed E-state index contributed by atoms with van der Waals surface area (Å²) in [5.74, 6) is 0.652. The number of hydrogen-bond acceptors (Lipinski definition) is 2. The molecule has 0 atom stereocenters. The van der Waals surface area contributed by atoms with Crippen LogP contribution in [0.3, 0.4) is 0 Å². The van der Waals surface area contributed by atoms with Crippen LogP contribution in [0.1, 0.15) is 29.8 Å².